The number of halogens is 3. The van der Waals surface area contributed by atoms with E-state index in [9.17, 15) is 17.6 Å². The van der Waals surface area contributed by atoms with Crippen molar-refractivity contribution in [3.8, 4) is 5.75 Å². The molecule has 0 bridgehead atoms. The normalized spacial score (nSPS) is 12.4. The highest BCUT2D eigenvalue weighted by Gasteiger charge is 2.29. The lowest BCUT2D eigenvalue weighted by Gasteiger charge is -2.24. The third kappa shape index (κ3) is 6.07. The second-order valence-corrected chi connectivity index (χ2v) is 10.2. The van der Waals surface area contributed by atoms with Crippen LogP contribution in [0, 0.1) is 5.82 Å². The van der Waals surface area contributed by atoms with Crippen LogP contribution in [0.4, 0.5) is 4.39 Å². The van der Waals surface area contributed by atoms with Gasteiger partial charge in [0, 0.05) is 27.7 Å². The average molecular weight is 525 g/mol. The maximum atomic E-state index is 14.5. The fourth-order valence-corrected chi connectivity index (χ4v) is 5.10. The molecule has 0 unspecified atom stereocenters. The number of methoxy groups -OCH3 is 1. The van der Waals surface area contributed by atoms with Crippen molar-refractivity contribution >= 4 is 39.1 Å². The number of rotatable bonds is 9. The van der Waals surface area contributed by atoms with E-state index in [1.54, 1.807) is 31.2 Å². The zero-order chi connectivity index (χ0) is 24.9. The number of hydrogen-bond acceptors (Lipinski definition) is 4. The summed E-state index contributed by atoms with van der Waals surface area (Å²) in [7, 11) is -2.67. The van der Waals surface area contributed by atoms with Crippen LogP contribution in [0.15, 0.2) is 71.6 Å². The molecule has 1 amide bonds. The van der Waals surface area contributed by atoms with Crippen LogP contribution in [0.3, 0.4) is 0 Å². The first-order valence-corrected chi connectivity index (χ1v) is 12.4. The third-order valence-corrected chi connectivity index (χ3v) is 7.56. The SMILES string of the molecule is COc1ccccc1[C@@H](C)NC(=O)CN(Cc1c(F)cccc1Cl)S(=O)(=O)c1ccc(Cl)cc1. The summed E-state index contributed by atoms with van der Waals surface area (Å²) in [6.45, 7) is 0.754. The molecule has 0 saturated carbocycles. The lowest BCUT2D eigenvalue weighted by molar-refractivity contribution is -0.122. The van der Waals surface area contributed by atoms with Gasteiger partial charge in [-0.1, -0.05) is 47.5 Å². The quantitative estimate of drug-likeness (QED) is 0.416. The number of amides is 1. The minimum atomic E-state index is -4.19. The Balaban J connectivity index is 1.90. The predicted octanol–water partition coefficient (Wildman–Crippen LogP) is 5.21. The van der Waals surface area contributed by atoms with Gasteiger partial charge in [-0.3, -0.25) is 4.79 Å². The first kappa shape index (κ1) is 26.0. The molecule has 0 saturated heterocycles. The molecule has 0 fully saturated rings. The van der Waals surface area contributed by atoms with E-state index < -0.39 is 40.9 Å². The van der Waals surface area contributed by atoms with E-state index in [0.29, 0.717) is 10.8 Å². The number of sulfonamides is 1. The van der Waals surface area contributed by atoms with Crippen LogP contribution < -0.4 is 10.1 Å². The highest BCUT2D eigenvalue weighted by molar-refractivity contribution is 7.89. The summed E-state index contributed by atoms with van der Waals surface area (Å²) in [5, 5.41) is 3.18. The van der Waals surface area contributed by atoms with E-state index in [4.69, 9.17) is 27.9 Å². The number of carbonyl (C=O) groups is 1. The Bertz CT molecular complexity index is 1250. The molecule has 1 N–H and O–H groups in total. The van der Waals surface area contributed by atoms with Crippen molar-refractivity contribution in [1.82, 2.24) is 9.62 Å². The number of para-hydroxylation sites is 1. The third-order valence-electron chi connectivity index (χ3n) is 5.15. The zero-order valence-electron chi connectivity index (χ0n) is 18.5. The van der Waals surface area contributed by atoms with Crippen LogP contribution >= 0.6 is 23.2 Å². The van der Waals surface area contributed by atoms with Gasteiger partial charge in [-0.2, -0.15) is 4.31 Å². The summed E-state index contributed by atoms with van der Waals surface area (Å²) in [4.78, 5) is 12.8. The highest BCUT2D eigenvalue weighted by Crippen LogP contribution is 2.27. The lowest BCUT2D eigenvalue weighted by atomic mass is 10.1. The second kappa shape index (κ2) is 11.2. The Hall–Kier alpha value is -2.65. The van der Waals surface area contributed by atoms with Gasteiger partial charge in [0.25, 0.3) is 0 Å². The molecule has 180 valence electrons. The number of carbonyl (C=O) groups excluding carboxylic acids is 1. The number of nitrogens with one attached hydrogen (secondary N) is 1. The number of benzene rings is 3. The molecule has 34 heavy (non-hydrogen) atoms. The number of hydrogen-bond donors (Lipinski definition) is 1. The standard InChI is InChI=1S/C24H23Cl2FN2O4S/c1-16(19-6-3-4-9-23(19)33-2)28-24(30)15-29(14-20-21(26)7-5-8-22(20)27)34(31,32)18-12-10-17(25)11-13-18/h3-13,16H,14-15H2,1-2H3,(H,28,30)/t16-/m1/s1. The summed E-state index contributed by atoms with van der Waals surface area (Å²) >= 11 is 12.0. The molecule has 0 aliphatic rings. The second-order valence-electron chi connectivity index (χ2n) is 7.46. The summed E-state index contributed by atoms with van der Waals surface area (Å²) in [6.07, 6.45) is 0. The Labute approximate surface area is 208 Å². The summed E-state index contributed by atoms with van der Waals surface area (Å²) < 4.78 is 47.4. The van der Waals surface area contributed by atoms with Crippen LogP contribution in [0.25, 0.3) is 0 Å². The van der Waals surface area contributed by atoms with Gasteiger partial charge >= 0.3 is 0 Å². The van der Waals surface area contributed by atoms with Gasteiger partial charge in [-0.15, -0.1) is 0 Å². The van der Waals surface area contributed by atoms with Gasteiger partial charge in [0.05, 0.1) is 24.6 Å². The summed E-state index contributed by atoms with van der Waals surface area (Å²) in [5.41, 5.74) is 0.690. The van der Waals surface area contributed by atoms with Gasteiger partial charge in [-0.05, 0) is 49.4 Å². The molecule has 0 spiro atoms. The Morgan fingerprint density at radius 1 is 1.06 bits per heavy atom. The summed E-state index contributed by atoms with van der Waals surface area (Å²) in [6, 6.07) is 16.2. The van der Waals surface area contributed by atoms with E-state index in [-0.39, 0.29) is 15.5 Å². The average Bonchev–Trinajstić information content (AvgIpc) is 2.80. The van der Waals surface area contributed by atoms with Gasteiger partial charge in [0.1, 0.15) is 11.6 Å². The van der Waals surface area contributed by atoms with E-state index in [1.165, 1.54) is 49.6 Å². The molecule has 0 aromatic heterocycles. The van der Waals surface area contributed by atoms with Crippen LogP contribution in [-0.2, 0) is 21.4 Å². The molecule has 3 rings (SSSR count). The van der Waals surface area contributed by atoms with Crippen molar-refractivity contribution in [2.24, 2.45) is 0 Å². The molecule has 0 aliphatic heterocycles. The van der Waals surface area contributed by atoms with Crippen LogP contribution in [-0.4, -0.2) is 32.3 Å². The zero-order valence-corrected chi connectivity index (χ0v) is 20.8. The van der Waals surface area contributed by atoms with Crippen LogP contribution in [0.1, 0.15) is 24.1 Å². The molecule has 0 heterocycles. The van der Waals surface area contributed by atoms with Crippen molar-refractivity contribution < 1.29 is 22.3 Å². The fourth-order valence-electron chi connectivity index (χ4n) is 3.39. The first-order chi connectivity index (χ1) is 16.1. The maximum absolute atomic E-state index is 14.5. The van der Waals surface area contributed by atoms with Crippen molar-refractivity contribution in [2.75, 3.05) is 13.7 Å². The molecule has 0 aliphatic carbocycles. The molecule has 1 atom stereocenters. The first-order valence-electron chi connectivity index (χ1n) is 10.2. The Morgan fingerprint density at radius 2 is 1.74 bits per heavy atom. The molecule has 3 aromatic carbocycles. The van der Waals surface area contributed by atoms with Gasteiger partial charge in [-0.25, -0.2) is 12.8 Å². The van der Waals surface area contributed by atoms with Crippen LogP contribution in [0.2, 0.25) is 10.0 Å². The van der Waals surface area contributed by atoms with Crippen LogP contribution in [0.5, 0.6) is 5.75 Å². The van der Waals surface area contributed by atoms with Crippen molar-refractivity contribution in [3.05, 3.63) is 93.7 Å². The topological polar surface area (TPSA) is 75.7 Å². The Kier molecular flexibility index (Phi) is 8.54. The van der Waals surface area contributed by atoms with Crippen molar-refractivity contribution in [3.63, 3.8) is 0 Å². The van der Waals surface area contributed by atoms with Gasteiger partial charge < -0.3 is 10.1 Å². The van der Waals surface area contributed by atoms with Crippen molar-refractivity contribution in [1.29, 1.82) is 0 Å². The maximum Gasteiger partial charge on any atom is 0.243 e. The van der Waals surface area contributed by atoms with Gasteiger partial charge in [0.15, 0.2) is 0 Å². The molecular weight excluding hydrogens is 502 g/mol. The highest BCUT2D eigenvalue weighted by atomic mass is 35.5. The smallest absolute Gasteiger partial charge is 0.243 e. The fraction of sp³-hybridized carbons (Fsp3) is 0.208. The largest absolute Gasteiger partial charge is 0.496 e. The van der Waals surface area contributed by atoms with E-state index in [1.807, 2.05) is 0 Å². The van der Waals surface area contributed by atoms with E-state index in [2.05, 4.69) is 5.32 Å². The number of ether oxygens (including phenoxy) is 1. The van der Waals surface area contributed by atoms with E-state index >= 15 is 0 Å². The van der Waals surface area contributed by atoms with Crippen molar-refractivity contribution in [2.45, 2.75) is 24.4 Å². The lowest BCUT2D eigenvalue weighted by Crippen LogP contribution is -2.41. The minimum Gasteiger partial charge on any atom is -0.496 e. The molecule has 3 aromatic rings. The molecule has 6 nitrogen and oxygen atoms in total. The van der Waals surface area contributed by atoms with E-state index in [0.717, 1.165) is 9.87 Å². The molecule has 10 heteroatoms. The minimum absolute atomic E-state index is 0.0349. The predicted molar refractivity (Wildman–Crippen MR) is 130 cm³/mol. The number of nitrogens with zero attached hydrogens (tertiary/aromatic N) is 1. The molecule has 0 radical (unpaired) electrons. The monoisotopic (exact) mass is 524 g/mol. The summed E-state index contributed by atoms with van der Waals surface area (Å²) in [5.74, 6) is -0.672. The molecular formula is C24H23Cl2FN2O4S. The van der Waals surface area contributed by atoms with Gasteiger partial charge in [0.2, 0.25) is 15.9 Å². The Morgan fingerprint density at radius 3 is 2.38 bits per heavy atom.